The van der Waals surface area contributed by atoms with E-state index < -0.39 is 0 Å². The van der Waals surface area contributed by atoms with Crippen LogP contribution >= 0.6 is 0 Å². The molecule has 3 aromatic rings. The van der Waals surface area contributed by atoms with Crippen molar-refractivity contribution in [3.8, 4) is 22.4 Å². The maximum Gasteiger partial charge on any atom is 0.253 e. The molecule has 0 aliphatic heterocycles. The topological polar surface area (TPSA) is 60.9 Å². The quantitative estimate of drug-likeness (QED) is 0.753. The van der Waals surface area contributed by atoms with Crippen LogP contribution in [0.3, 0.4) is 0 Å². The molecule has 0 unspecified atom stereocenters. The van der Waals surface area contributed by atoms with Gasteiger partial charge in [0.25, 0.3) is 5.56 Å². The van der Waals surface area contributed by atoms with Gasteiger partial charge in [-0.1, -0.05) is 6.07 Å². The molecule has 27 heavy (non-hydrogen) atoms. The van der Waals surface area contributed by atoms with Crippen LogP contribution in [-0.2, 0) is 13.5 Å². The fraction of sp³-hybridized carbons (Fsp3) is 0.273. The lowest BCUT2D eigenvalue weighted by atomic mass is 9.88. The second-order valence-electron chi connectivity index (χ2n) is 7.34. The number of aromatic nitrogens is 2. The number of halogens is 1. The van der Waals surface area contributed by atoms with E-state index in [1.807, 2.05) is 32.0 Å². The van der Waals surface area contributed by atoms with Crippen LogP contribution in [0, 0.1) is 19.7 Å². The van der Waals surface area contributed by atoms with Crippen LogP contribution in [0.25, 0.3) is 22.4 Å². The summed E-state index contributed by atoms with van der Waals surface area (Å²) in [6, 6.07) is 8.77. The molecule has 1 heterocycles. The van der Waals surface area contributed by atoms with Gasteiger partial charge in [-0.3, -0.25) is 4.79 Å². The lowest BCUT2D eigenvalue weighted by Crippen LogP contribution is -2.15. The summed E-state index contributed by atoms with van der Waals surface area (Å²) in [5, 5.41) is 0. The third-order valence-corrected chi connectivity index (χ3v) is 5.46. The maximum absolute atomic E-state index is 14.3. The van der Waals surface area contributed by atoms with Gasteiger partial charge in [-0.05, 0) is 72.7 Å². The molecule has 138 valence electrons. The summed E-state index contributed by atoms with van der Waals surface area (Å²) in [7, 11) is 1.68. The maximum atomic E-state index is 14.3. The fourth-order valence-electron chi connectivity index (χ4n) is 4.14. The smallest absolute Gasteiger partial charge is 0.253 e. The Bertz CT molecular complexity index is 1090. The van der Waals surface area contributed by atoms with Gasteiger partial charge in [-0.15, -0.1) is 0 Å². The fourth-order valence-corrected chi connectivity index (χ4v) is 4.14. The van der Waals surface area contributed by atoms with Crippen LogP contribution < -0.4 is 11.3 Å². The second kappa shape index (κ2) is 6.43. The molecule has 0 bridgehead atoms. The number of hydrogen-bond donors (Lipinski definition) is 1. The molecular formula is C22H22FN3O. The third-order valence-electron chi connectivity index (χ3n) is 5.46. The van der Waals surface area contributed by atoms with E-state index in [1.54, 1.807) is 13.1 Å². The van der Waals surface area contributed by atoms with Gasteiger partial charge < -0.3 is 10.3 Å². The van der Waals surface area contributed by atoms with E-state index in [2.05, 4.69) is 4.98 Å². The highest BCUT2D eigenvalue weighted by atomic mass is 19.1. The zero-order valence-electron chi connectivity index (χ0n) is 15.7. The van der Waals surface area contributed by atoms with Gasteiger partial charge in [-0.2, -0.15) is 0 Å². The van der Waals surface area contributed by atoms with E-state index in [0.29, 0.717) is 11.3 Å². The summed E-state index contributed by atoms with van der Waals surface area (Å²) in [6.07, 6.45) is 3.10. The SMILES string of the molecule is Cc1cc(-c2cc(=O)n(C)cn2)cc(C)c1-c1ccc(F)c2c1CC[C@H]2N. The lowest BCUT2D eigenvalue weighted by Gasteiger charge is -2.17. The Morgan fingerprint density at radius 1 is 1.19 bits per heavy atom. The normalized spacial score (nSPS) is 15.8. The highest BCUT2D eigenvalue weighted by molar-refractivity contribution is 5.79. The minimum absolute atomic E-state index is 0.0928. The van der Waals surface area contributed by atoms with E-state index in [4.69, 9.17) is 5.73 Å². The van der Waals surface area contributed by atoms with Gasteiger partial charge in [0.1, 0.15) is 5.82 Å². The van der Waals surface area contributed by atoms with E-state index in [9.17, 15) is 9.18 Å². The molecule has 1 aromatic heterocycles. The van der Waals surface area contributed by atoms with Crippen LogP contribution in [0.1, 0.15) is 34.7 Å². The molecule has 2 N–H and O–H groups in total. The van der Waals surface area contributed by atoms with Crippen LogP contribution in [0.5, 0.6) is 0 Å². The standard InChI is InChI=1S/C22H22FN3O/c1-12-8-14(19-10-20(27)26(3)11-25-19)9-13(2)21(12)15-4-6-17(23)22-16(15)5-7-18(22)24/h4,6,8-11,18H,5,7,24H2,1-3H3/t18-/m1/s1. The van der Waals surface area contributed by atoms with Gasteiger partial charge in [0.2, 0.25) is 0 Å². The van der Waals surface area contributed by atoms with Crippen molar-refractivity contribution in [3.05, 3.63) is 75.1 Å². The zero-order valence-corrected chi connectivity index (χ0v) is 15.7. The number of aryl methyl sites for hydroxylation is 3. The summed E-state index contributed by atoms with van der Waals surface area (Å²) in [4.78, 5) is 16.3. The summed E-state index contributed by atoms with van der Waals surface area (Å²) >= 11 is 0. The minimum Gasteiger partial charge on any atom is -0.324 e. The summed E-state index contributed by atoms with van der Waals surface area (Å²) < 4.78 is 15.7. The lowest BCUT2D eigenvalue weighted by molar-refractivity contribution is 0.589. The van der Waals surface area contributed by atoms with E-state index >= 15 is 0 Å². The average molecular weight is 363 g/mol. The molecule has 5 heteroatoms. The van der Waals surface area contributed by atoms with Crippen molar-refractivity contribution in [2.75, 3.05) is 0 Å². The number of nitrogens with two attached hydrogens (primary N) is 1. The van der Waals surface area contributed by atoms with Crippen LogP contribution in [0.15, 0.2) is 41.5 Å². The predicted molar refractivity (Wildman–Crippen MR) is 105 cm³/mol. The van der Waals surface area contributed by atoms with Crippen molar-refractivity contribution in [3.63, 3.8) is 0 Å². The van der Waals surface area contributed by atoms with Crippen LogP contribution in [0.2, 0.25) is 0 Å². The first-order chi connectivity index (χ1) is 12.9. The number of benzene rings is 2. The molecule has 0 saturated heterocycles. The Balaban J connectivity index is 1.87. The Morgan fingerprint density at radius 3 is 2.56 bits per heavy atom. The highest BCUT2D eigenvalue weighted by Crippen LogP contribution is 2.41. The van der Waals surface area contributed by atoms with Gasteiger partial charge in [0.15, 0.2) is 0 Å². The first kappa shape index (κ1) is 17.6. The third kappa shape index (κ3) is 2.88. The van der Waals surface area contributed by atoms with E-state index in [-0.39, 0.29) is 17.4 Å². The van der Waals surface area contributed by atoms with Gasteiger partial charge in [-0.25, -0.2) is 9.37 Å². The second-order valence-corrected chi connectivity index (χ2v) is 7.34. The van der Waals surface area contributed by atoms with Gasteiger partial charge in [0, 0.05) is 30.3 Å². The molecule has 1 aliphatic carbocycles. The zero-order chi connectivity index (χ0) is 19.3. The first-order valence-corrected chi connectivity index (χ1v) is 9.08. The van der Waals surface area contributed by atoms with Crippen molar-refractivity contribution in [1.82, 2.24) is 9.55 Å². The van der Waals surface area contributed by atoms with Gasteiger partial charge in [0.05, 0.1) is 12.0 Å². The molecular weight excluding hydrogens is 341 g/mol. The molecule has 4 nitrogen and oxygen atoms in total. The number of hydrogen-bond acceptors (Lipinski definition) is 3. The first-order valence-electron chi connectivity index (χ1n) is 9.08. The van der Waals surface area contributed by atoms with E-state index in [0.717, 1.165) is 46.2 Å². The monoisotopic (exact) mass is 363 g/mol. The molecule has 0 fully saturated rings. The Morgan fingerprint density at radius 2 is 1.89 bits per heavy atom. The molecule has 4 rings (SSSR count). The minimum atomic E-state index is -0.232. The number of fused-ring (bicyclic) bond motifs is 1. The van der Waals surface area contributed by atoms with Crippen molar-refractivity contribution < 1.29 is 4.39 Å². The van der Waals surface area contributed by atoms with Crippen molar-refractivity contribution in [1.29, 1.82) is 0 Å². The van der Waals surface area contributed by atoms with Crippen LogP contribution in [-0.4, -0.2) is 9.55 Å². The average Bonchev–Trinajstić information content (AvgIpc) is 3.01. The van der Waals surface area contributed by atoms with Crippen molar-refractivity contribution >= 4 is 0 Å². The number of nitrogens with zero attached hydrogens (tertiary/aromatic N) is 2. The largest absolute Gasteiger partial charge is 0.324 e. The molecule has 1 aliphatic rings. The summed E-state index contributed by atoms with van der Waals surface area (Å²) in [5.41, 5.74) is 13.6. The Kier molecular flexibility index (Phi) is 4.19. The molecule has 1 atom stereocenters. The molecule has 0 spiro atoms. The van der Waals surface area contributed by atoms with Crippen molar-refractivity contribution in [2.45, 2.75) is 32.7 Å². The van der Waals surface area contributed by atoms with Crippen molar-refractivity contribution in [2.24, 2.45) is 12.8 Å². The Hall–Kier alpha value is -2.79. The summed E-state index contributed by atoms with van der Waals surface area (Å²) in [6.45, 7) is 4.08. The Labute approximate surface area is 157 Å². The van der Waals surface area contributed by atoms with Gasteiger partial charge >= 0.3 is 0 Å². The number of rotatable bonds is 2. The molecule has 0 saturated carbocycles. The molecule has 0 radical (unpaired) electrons. The molecule has 0 amide bonds. The summed E-state index contributed by atoms with van der Waals surface area (Å²) in [5.74, 6) is -0.213. The van der Waals surface area contributed by atoms with Crippen LogP contribution in [0.4, 0.5) is 4.39 Å². The highest BCUT2D eigenvalue weighted by Gasteiger charge is 2.26. The predicted octanol–water partition coefficient (Wildman–Crippen LogP) is 3.82. The van der Waals surface area contributed by atoms with E-state index in [1.165, 1.54) is 17.0 Å². The molecule has 2 aromatic carbocycles.